The second-order valence-electron chi connectivity index (χ2n) is 12.8. The van der Waals surface area contributed by atoms with Crippen LogP contribution in [0.3, 0.4) is 0 Å². The standard InChI is InChI=1S/C40H38O10/c1-20(2)4-9-26-32(44)14-12-28(38(26)48)40(50)36-29(25-10-8-24(42)19-35(25)47)16-21(3)17-30(36)37-33(45)15-11-27(39(37)49)31(43)13-6-22-5-7-23(41)18-34(22)46/h4-8,10-15,17-19,29-30,36,41-42,44-49H,9,16H2,1-3H3/b13-6+. The number of phenolic OH excluding ortho intramolecular Hbond substituents is 8. The summed E-state index contributed by atoms with van der Waals surface area (Å²) in [5, 5.41) is 85.5. The van der Waals surface area contributed by atoms with Crippen LogP contribution in [-0.2, 0) is 6.42 Å². The SMILES string of the molecule is CC(C)=CCc1c(O)ccc(C(=O)C2C(c3c(O)ccc(C(=O)/C=C/c4ccc(O)cc4O)c3O)C=C(C)CC2c2ccc(O)cc2O)c1O. The average molecular weight is 679 g/mol. The van der Waals surface area contributed by atoms with Gasteiger partial charge in [-0.15, -0.1) is 0 Å². The zero-order valence-electron chi connectivity index (χ0n) is 27.6. The molecule has 8 N–H and O–H groups in total. The Balaban J connectivity index is 1.67. The number of aromatic hydroxyl groups is 8. The fraction of sp³-hybridized carbons (Fsp3) is 0.200. The second kappa shape index (κ2) is 14.1. The summed E-state index contributed by atoms with van der Waals surface area (Å²) in [6.07, 6.45) is 6.25. The third-order valence-electron chi connectivity index (χ3n) is 9.00. The maximum atomic E-state index is 14.7. The Bertz CT molecular complexity index is 2080. The minimum atomic E-state index is -1.19. The van der Waals surface area contributed by atoms with E-state index in [-0.39, 0.29) is 69.4 Å². The number of carbonyl (C=O) groups is 2. The van der Waals surface area contributed by atoms with Crippen LogP contribution in [0.15, 0.2) is 90.0 Å². The second-order valence-corrected chi connectivity index (χ2v) is 12.8. The highest BCUT2D eigenvalue weighted by molar-refractivity contribution is 6.09. The monoisotopic (exact) mass is 678 g/mol. The Kier molecular flexibility index (Phi) is 9.94. The first-order valence-corrected chi connectivity index (χ1v) is 15.9. The van der Waals surface area contributed by atoms with Gasteiger partial charge >= 0.3 is 0 Å². The molecule has 1 aliphatic rings. The smallest absolute Gasteiger partial charge is 0.189 e. The molecule has 1 aliphatic carbocycles. The molecule has 3 atom stereocenters. The number of ketones is 2. The highest BCUT2D eigenvalue weighted by atomic mass is 16.3. The van der Waals surface area contributed by atoms with E-state index in [0.717, 1.165) is 29.4 Å². The van der Waals surface area contributed by atoms with Gasteiger partial charge in [-0.3, -0.25) is 9.59 Å². The molecule has 0 aromatic heterocycles. The number of allylic oxidation sites excluding steroid dienone is 5. The van der Waals surface area contributed by atoms with Crippen molar-refractivity contribution in [3.8, 4) is 46.0 Å². The number of phenols is 8. The van der Waals surface area contributed by atoms with Gasteiger partial charge in [-0.2, -0.15) is 0 Å². The van der Waals surface area contributed by atoms with Crippen molar-refractivity contribution in [1.29, 1.82) is 0 Å². The van der Waals surface area contributed by atoms with Crippen LogP contribution in [0, 0.1) is 5.92 Å². The van der Waals surface area contributed by atoms with Gasteiger partial charge in [-0.1, -0.05) is 29.4 Å². The van der Waals surface area contributed by atoms with Gasteiger partial charge < -0.3 is 40.9 Å². The van der Waals surface area contributed by atoms with E-state index in [2.05, 4.69) is 0 Å². The molecular weight excluding hydrogens is 640 g/mol. The summed E-state index contributed by atoms with van der Waals surface area (Å²) in [5.41, 5.74) is 1.82. The van der Waals surface area contributed by atoms with Crippen molar-refractivity contribution < 1.29 is 50.4 Å². The lowest BCUT2D eigenvalue weighted by atomic mass is 9.65. The molecule has 0 spiro atoms. The van der Waals surface area contributed by atoms with Crippen molar-refractivity contribution in [2.24, 2.45) is 5.92 Å². The number of hydrogen-bond donors (Lipinski definition) is 8. The summed E-state index contributed by atoms with van der Waals surface area (Å²) < 4.78 is 0. The van der Waals surface area contributed by atoms with Crippen LogP contribution >= 0.6 is 0 Å². The summed E-state index contributed by atoms with van der Waals surface area (Å²) in [6.45, 7) is 5.48. The molecule has 0 radical (unpaired) electrons. The lowest BCUT2D eigenvalue weighted by molar-refractivity contribution is 0.0876. The van der Waals surface area contributed by atoms with Gasteiger partial charge in [0.05, 0.1) is 11.1 Å². The zero-order chi connectivity index (χ0) is 36.4. The molecule has 4 aromatic carbocycles. The zero-order valence-corrected chi connectivity index (χ0v) is 27.6. The van der Waals surface area contributed by atoms with Crippen LogP contribution < -0.4 is 0 Å². The fourth-order valence-electron chi connectivity index (χ4n) is 6.52. The van der Waals surface area contributed by atoms with Gasteiger partial charge in [0.25, 0.3) is 0 Å². The largest absolute Gasteiger partial charge is 0.508 e. The molecule has 0 amide bonds. The van der Waals surface area contributed by atoms with Crippen LogP contribution in [0.25, 0.3) is 6.08 Å². The molecule has 10 nitrogen and oxygen atoms in total. The van der Waals surface area contributed by atoms with Crippen molar-refractivity contribution in [1.82, 2.24) is 0 Å². The molecule has 258 valence electrons. The number of benzene rings is 4. The first-order valence-electron chi connectivity index (χ1n) is 15.9. The van der Waals surface area contributed by atoms with Crippen molar-refractivity contribution in [3.05, 3.63) is 123 Å². The Labute approximate surface area is 288 Å². The van der Waals surface area contributed by atoms with E-state index in [9.17, 15) is 50.4 Å². The van der Waals surface area contributed by atoms with Gasteiger partial charge in [0, 0.05) is 46.6 Å². The van der Waals surface area contributed by atoms with Gasteiger partial charge in [0.15, 0.2) is 11.6 Å². The van der Waals surface area contributed by atoms with E-state index in [1.165, 1.54) is 54.6 Å². The molecular formula is C40H38O10. The number of hydrogen-bond acceptors (Lipinski definition) is 10. The first-order chi connectivity index (χ1) is 23.7. The number of carbonyl (C=O) groups excluding carboxylic acids is 2. The van der Waals surface area contributed by atoms with Crippen LogP contribution in [0.2, 0.25) is 0 Å². The van der Waals surface area contributed by atoms with Crippen molar-refractivity contribution >= 4 is 17.6 Å². The molecule has 0 bridgehead atoms. The maximum absolute atomic E-state index is 14.7. The van der Waals surface area contributed by atoms with E-state index in [1.807, 2.05) is 13.8 Å². The highest BCUT2D eigenvalue weighted by Crippen LogP contribution is 2.53. The average Bonchev–Trinajstić information content (AvgIpc) is 3.03. The molecule has 4 aromatic rings. The third-order valence-corrected chi connectivity index (χ3v) is 9.00. The molecule has 0 fully saturated rings. The summed E-state index contributed by atoms with van der Waals surface area (Å²) >= 11 is 0. The van der Waals surface area contributed by atoms with Crippen LogP contribution in [0.1, 0.15) is 82.0 Å². The minimum absolute atomic E-state index is 0.130. The van der Waals surface area contributed by atoms with Crippen molar-refractivity contribution in [2.45, 2.75) is 45.4 Å². The van der Waals surface area contributed by atoms with E-state index >= 15 is 0 Å². The Morgan fingerprint density at radius 2 is 1.38 bits per heavy atom. The summed E-state index contributed by atoms with van der Waals surface area (Å²) in [6, 6.07) is 12.8. The molecule has 0 saturated carbocycles. The molecule has 10 heteroatoms. The van der Waals surface area contributed by atoms with E-state index in [1.54, 1.807) is 19.1 Å². The number of rotatable bonds is 9. The van der Waals surface area contributed by atoms with Crippen LogP contribution in [0.5, 0.6) is 46.0 Å². The highest BCUT2D eigenvalue weighted by Gasteiger charge is 2.43. The van der Waals surface area contributed by atoms with Gasteiger partial charge in [-0.05, 0) is 93.8 Å². The lowest BCUT2D eigenvalue weighted by Crippen LogP contribution is -2.32. The molecule has 0 heterocycles. The summed E-state index contributed by atoms with van der Waals surface area (Å²) in [4.78, 5) is 28.1. The Morgan fingerprint density at radius 1 is 0.740 bits per heavy atom. The summed E-state index contributed by atoms with van der Waals surface area (Å²) in [5.74, 6) is -7.01. The molecule has 0 saturated heterocycles. The fourth-order valence-corrected chi connectivity index (χ4v) is 6.52. The quantitative estimate of drug-likeness (QED) is 0.0500. The molecule has 3 unspecified atom stereocenters. The molecule has 5 rings (SSSR count). The molecule has 50 heavy (non-hydrogen) atoms. The number of Topliss-reactive ketones (excluding diaryl/α,β-unsaturated/α-hetero) is 1. The predicted molar refractivity (Wildman–Crippen MR) is 187 cm³/mol. The third kappa shape index (κ3) is 7.00. The maximum Gasteiger partial charge on any atom is 0.189 e. The lowest BCUT2D eigenvalue weighted by Gasteiger charge is -2.37. The van der Waals surface area contributed by atoms with Crippen LogP contribution in [-0.4, -0.2) is 52.4 Å². The Morgan fingerprint density at radius 3 is 2.04 bits per heavy atom. The summed E-state index contributed by atoms with van der Waals surface area (Å²) in [7, 11) is 0. The van der Waals surface area contributed by atoms with Gasteiger partial charge in [0.2, 0.25) is 0 Å². The van der Waals surface area contributed by atoms with Crippen molar-refractivity contribution in [3.63, 3.8) is 0 Å². The van der Waals surface area contributed by atoms with Gasteiger partial charge in [0.1, 0.15) is 46.0 Å². The van der Waals surface area contributed by atoms with E-state index < -0.39 is 46.6 Å². The van der Waals surface area contributed by atoms with E-state index in [4.69, 9.17) is 0 Å². The normalized spacial score (nSPS) is 17.3. The van der Waals surface area contributed by atoms with E-state index in [0.29, 0.717) is 5.56 Å². The molecule has 0 aliphatic heterocycles. The predicted octanol–water partition coefficient (Wildman–Crippen LogP) is 7.45. The topological polar surface area (TPSA) is 196 Å². The van der Waals surface area contributed by atoms with Crippen molar-refractivity contribution in [2.75, 3.05) is 0 Å². The van der Waals surface area contributed by atoms with Gasteiger partial charge in [-0.25, -0.2) is 0 Å². The minimum Gasteiger partial charge on any atom is -0.508 e. The first kappa shape index (κ1) is 35.2. The Hall–Kier alpha value is -6.16. The van der Waals surface area contributed by atoms with Crippen LogP contribution in [0.4, 0.5) is 0 Å².